The molecule has 1 fully saturated rings. The lowest BCUT2D eigenvalue weighted by atomic mass is 10.0. The van der Waals surface area contributed by atoms with Crippen molar-refractivity contribution in [3.8, 4) is 0 Å². The Morgan fingerprint density at radius 1 is 1.10 bits per heavy atom. The highest BCUT2D eigenvalue weighted by Crippen LogP contribution is 2.19. The minimum atomic E-state index is -3.63. The molecule has 0 saturated carbocycles. The number of benzene rings is 2. The second kappa shape index (κ2) is 10.2. The average Bonchev–Trinajstić information content (AvgIpc) is 2.72. The van der Waals surface area contributed by atoms with Crippen LogP contribution in [0.15, 0.2) is 47.4 Å². The number of likely N-dealkylation sites (tertiary alicyclic amines) is 1. The van der Waals surface area contributed by atoms with Crippen LogP contribution in [0.5, 0.6) is 0 Å². The van der Waals surface area contributed by atoms with Crippen molar-refractivity contribution < 1.29 is 13.2 Å². The van der Waals surface area contributed by atoms with Gasteiger partial charge >= 0.3 is 0 Å². The normalized spacial score (nSPS) is 18.0. The molecule has 1 atom stereocenters. The summed E-state index contributed by atoms with van der Waals surface area (Å²) in [5, 5.41) is 4.75. The molecule has 0 spiro atoms. The molecule has 6 nitrogen and oxygen atoms in total. The van der Waals surface area contributed by atoms with Crippen molar-refractivity contribution in [3.05, 3.63) is 42.5 Å². The lowest BCUT2D eigenvalue weighted by Crippen LogP contribution is -2.39. The maximum Gasteiger partial charge on any atom is 0.240 e. The molecule has 2 aromatic carbocycles. The van der Waals surface area contributed by atoms with Gasteiger partial charge in [-0.3, -0.25) is 4.79 Å². The molecule has 0 aromatic heterocycles. The summed E-state index contributed by atoms with van der Waals surface area (Å²) in [6, 6.07) is 13.3. The first-order valence-corrected chi connectivity index (χ1v) is 11.9. The number of carbonyl (C=O) groups is 1. The number of fused-ring (bicyclic) bond motifs is 1. The zero-order valence-corrected chi connectivity index (χ0v) is 17.9. The van der Waals surface area contributed by atoms with E-state index in [2.05, 4.69) is 21.9 Å². The van der Waals surface area contributed by atoms with Crippen LogP contribution in [0.1, 0.15) is 39.0 Å². The lowest BCUT2D eigenvalue weighted by molar-refractivity contribution is -0.120. The summed E-state index contributed by atoms with van der Waals surface area (Å²) < 4.78 is 27.5. The van der Waals surface area contributed by atoms with Gasteiger partial charge < -0.3 is 10.2 Å². The van der Waals surface area contributed by atoms with Crippen molar-refractivity contribution in [2.45, 2.75) is 50.0 Å². The van der Waals surface area contributed by atoms with Gasteiger partial charge in [-0.25, -0.2) is 13.1 Å². The molecule has 1 heterocycles. The van der Waals surface area contributed by atoms with E-state index in [1.54, 1.807) is 18.2 Å². The molecule has 1 amide bonds. The Morgan fingerprint density at radius 2 is 1.90 bits per heavy atom. The molecule has 2 aromatic rings. The number of nitrogens with one attached hydrogen (secondary N) is 2. The standard InChI is InChI=1S/C22H31N3O3S/c1-18-7-4-5-15-25(18)16-6-13-23-22(26)12-14-24-29(27,28)21-11-10-19-8-2-3-9-20(19)17-21/h2-3,8-11,17-18,24H,4-7,12-16H2,1H3,(H,23,26). The number of carbonyl (C=O) groups excluding carboxylic acids is 1. The van der Waals surface area contributed by atoms with E-state index in [1.807, 2.05) is 24.3 Å². The zero-order chi connectivity index (χ0) is 20.7. The molecule has 1 unspecified atom stereocenters. The summed E-state index contributed by atoms with van der Waals surface area (Å²) in [6.45, 7) is 5.12. The van der Waals surface area contributed by atoms with Crippen LogP contribution in [0.25, 0.3) is 10.8 Å². The van der Waals surface area contributed by atoms with Crippen LogP contribution in [0.2, 0.25) is 0 Å². The van der Waals surface area contributed by atoms with E-state index in [0.717, 1.165) is 30.3 Å². The maximum atomic E-state index is 12.5. The highest BCUT2D eigenvalue weighted by atomic mass is 32.2. The van der Waals surface area contributed by atoms with Gasteiger partial charge in [-0.2, -0.15) is 0 Å². The summed E-state index contributed by atoms with van der Waals surface area (Å²) in [5.41, 5.74) is 0. The number of nitrogens with zero attached hydrogens (tertiary/aromatic N) is 1. The summed E-state index contributed by atoms with van der Waals surface area (Å²) in [5.74, 6) is -0.127. The Kier molecular flexibility index (Phi) is 7.64. The number of piperidine rings is 1. The van der Waals surface area contributed by atoms with Crippen LogP contribution in [0.3, 0.4) is 0 Å². The van der Waals surface area contributed by atoms with Gasteiger partial charge in [-0.1, -0.05) is 36.8 Å². The van der Waals surface area contributed by atoms with Gasteiger partial charge in [0.05, 0.1) is 4.90 Å². The molecular formula is C22H31N3O3S. The van der Waals surface area contributed by atoms with E-state index in [4.69, 9.17) is 0 Å². The summed E-state index contributed by atoms with van der Waals surface area (Å²) in [7, 11) is -3.63. The number of amides is 1. The Labute approximate surface area is 173 Å². The minimum absolute atomic E-state index is 0.0875. The maximum absolute atomic E-state index is 12.5. The van der Waals surface area contributed by atoms with E-state index in [0.29, 0.717) is 12.6 Å². The number of rotatable bonds is 9. The Morgan fingerprint density at radius 3 is 2.69 bits per heavy atom. The van der Waals surface area contributed by atoms with Crippen molar-refractivity contribution in [2.75, 3.05) is 26.2 Å². The van der Waals surface area contributed by atoms with Gasteiger partial charge in [0.1, 0.15) is 0 Å². The second-order valence-electron chi connectivity index (χ2n) is 7.74. The molecule has 0 bridgehead atoms. The SMILES string of the molecule is CC1CCCCN1CCCNC(=O)CCNS(=O)(=O)c1ccc2ccccc2c1. The third-order valence-electron chi connectivity index (χ3n) is 5.56. The van der Waals surface area contributed by atoms with E-state index in [1.165, 1.54) is 19.3 Å². The van der Waals surface area contributed by atoms with Crippen LogP contribution in [0.4, 0.5) is 0 Å². The molecule has 1 saturated heterocycles. The van der Waals surface area contributed by atoms with Gasteiger partial charge in [0.25, 0.3) is 0 Å². The topological polar surface area (TPSA) is 78.5 Å². The highest BCUT2D eigenvalue weighted by Gasteiger charge is 2.17. The summed E-state index contributed by atoms with van der Waals surface area (Å²) in [4.78, 5) is 14.7. The molecule has 3 rings (SSSR count). The van der Waals surface area contributed by atoms with Crippen molar-refractivity contribution >= 4 is 26.7 Å². The monoisotopic (exact) mass is 417 g/mol. The molecule has 1 aliphatic heterocycles. The fraction of sp³-hybridized carbons (Fsp3) is 0.500. The molecule has 29 heavy (non-hydrogen) atoms. The average molecular weight is 418 g/mol. The van der Waals surface area contributed by atoms with E-state index < -0.39 is 10.0 Å². The molecule has 158 valence electrons. The molecular weight excluding hydrogens is 386 g/mol. The number of hydrogen-bond donors (Lipinski definition) is 2. The Balaban J connectivity index is 1.38. The minimum Gasteiger partial charge on any atom is -0.356 e. The van der Waals surface area contributed by atoms with Gasteiger partial charge in [-0.05, 0) is 55.6 Å². The van der Waals surface area contributed by atoms with Gasteiger partial charge in [0, 0.05) is 32.1 Å². The van der Waals surface area contributed by atoms with Crippen molar-refractivity contribution in [2.24, 2.45) is 0 Å². The van der Waals surface area contributed by atoms with Crippen LogP contribution in [0, 0.1) is 0 Å². The molecule has 0 aliphatic carbocycles. The first kappa shape index (κ1) is 21.7. The van der Waals surface area contributed by atoms with Gasteiger partial charge in [-0.15, -0.1) is 0 Å². The Hall–Kier alpha value is -1.96. The van der Waals surface area contributed by atoms with Crippen LogP contribution in [-0.2, 0) is 14.8 Å². The molecule has 1 aliphatic rings. The first-order valence-electron chi connectivity index (χ1n) is 10.4. The molecule has 2 N–H and O–H groups in total. The quantitative estimate of drug-likeness (QED) is 0.615. The van der Waals surface area contributed by atoms with E-state index >= 15 is 0 Å². The fourth-order valence-electron chi connectivity index (χ4n) is 3.80. The Bertz CT molecular complexity index is 930. The molecule has 7 heteroatoms. The summed E-state index contributed by atoms with van der Waals surface area (Å²) >= 11 is 0. The largest absolute Gasteiger partial charge is 0.356 e. The van der Waals surface area contributed by atoms with Crippen molar-refractivity contribution in [3.63, 3.8) is 0 Å². The highest BCUT2D eigenvalue weighted by molar-refractivity contribution is 7.89. The van der Waals surface area contributed by atoms with E-state index in [9.17, 15) is 13.2 Å². The second-order valence-corrected chi connectivity index (χ2v) is 9.51. The third-order valence-corrected chi connectivity index (χ3v) is 7.02. The van der Waals surface area contributed by atoms with Crippen LogP contribution >= 0.6 is 0 Å². The number of hydrogen-bond acceptors (Lipinski definition) is 4. The van der Waals surface area contributed by atoms with Crippen molar-refractivity contribution in [1.82, 2.24) is 14.9 Å². The molecule has 0 radical (unpaired) electrons. The van der Waals surface area contributed by atoms with Gasteiger partial charge in [0.2, 0.25) is 15.9 Å². The van der Waals surface area contributed by atoms with Crippen molar-refractivity contribution in [1.29, 1.82) is 0 Å². The third kappa shape index (κ3) is 6.26. The van der Waals surface area contributed by atoms with E-state index in [-0.39, 0.29) is 23.8 Å². The predicted molar refractivity (Wildman–Crippen MR) is 116 cm³/mol. The van der Waals surface area contributed by atoms with Crippen LogP contribution < -0.4 is 10.0 Å². The smallest absolute Gasteiger partial charge is 0.240 e. The zero-order valence-electron chi connectivity index (χ0n) is 17.1. The fourth-order valence-corrected chi connectivity index (χ4v) is 4.87. The van der Waals surface area contributed by atoms with Gasteiger partial charge in [0.15, 0.2) is 0 Å². The lowest BCUT2D eigenvalue weighted by Gasteiger charge is -2.33. The summed E-state index contributed by atoms with van der Waals surface area (Å²) in [6.07, 6.45) is 4.87. The van der Waals surface area contributed by atoms with Crippen LogP contribution in [-0.4, -0.2) is 51.4 Å². The predicted octanol–water partition coefficient (Wildman–Crippen LogP) is 2.89. The first-order chi connectivity index (χ1) is 14.0. The number of sulfonamides is 1.